The molecule has 1 saturated carbocycles. The smallest absolute Gasteiger partial charge is 0.223 e. The monoisotopic (exact) mass is 385 g/mol. The molecule has 1 fully saturated rings. The maximum atomic E-state index is 6.18. The first-order chi connectivity index (χ1) is 14.1. The van der Waals surface area contributed by atoms with Gasteiger partial charge in [-0.3, -0.25) is 0 Å². The van der Waals surface area contributed by atoms with Crippen molar-refractivity contribution in [3.63, 3.8) is 0 Å². The van der Waals surface area contributed by atoms with E-state index in [4.69, 9.17) is 20.6 Å². The molecular formula is C21H19N7O. The van der Waals surface area contributed by atoms with Crippen LogP contribution in [0.1, 0.15) is 35.2 Å². The number of para-hydroxylation sites is 1. The number of pyridine rings is 1. The van der Waals surface area contributed by atoms with Gasteiger partial charge in [-0.25, -0.2) is 15.0 Å². The zero-order valence-corrected chi connectivity index (χ0v) is 16.1. The van der Waals surface area contributed by atoms with Gasteiger partial charge < -0.3 is 14.9 Å². The number of aryl methyl sites for hydroxylation is 1. The molecule has 8 nitrogen and oxygen atoms in total. The summed E-state index contributed by atoms with van der Waals surface area (Å²) in [5.41, 5.74) is 11.1. The van der Waals surface area contributed by atoms with Crippen LogP contribution < -0.4 is 10.5 Å². The number of benzene rings is 1. The fraction of sp³-hybridized carbons (Fsp3) is 0.238. The first-order valence-corrected chi connectivity index (χ1v) is 9.56. The molecule has 144 valence electrons. The van der Waals surface area contributed by atoms with Crippen LogP contribution in [0.25, 0.3) is 22.2 Å². The summed E-state index contributed by atoms with van der Waals surface area (Å²) in [4.78, 5) is 13.7. The van der Waals surface area contributed by atoms with Gasteiger partial charge in [0.05, 0.1) is 7.11 Å². The fourth-order valence-corrected chi connectivity index (χ4v) is 4.25. The highest BCUT2D eigenvalue weighted by Gasteiger charge is 2.43. The van der Waals surface area contributed by atoms with Gasteiger partial charge in [-0.15, -0.1) is 5.10 Å². The van der Waals surface area contributed by atoms with Crippen LogP contribution in [0.15, 0.2) is 42.9 Å². The minimum atomic E-state index is 0.273. The lowest BCUT2D eigenvalue weighted by molar-refractivity contribution is 0.419. The number of nitrogens with two attached hydrogens (primary N) is 1. The molecule has 2 N–H and O–H groups in total. The van der Waals surface area contributed by atoms with Gasteiger partial charge in [-0.05, 0) is 48.6 Å². The van der Waals surface area contributed by atoms with E-state index in [9.17, 15) is 0 Å². The molecule has 1 aromatic carbocycles. The Kier molecular flexibility index (Phi) is 3.18. The van der Waals surface area contributed by atoms with Gasteiger partial charge in [-0.2, -0.15) is 4.52 Å². The maximum Gasteiger partial charge on any atom is 0.223 e. The molecule has 0 spiro atoms. The number of anilines is 1. The van der Waals surface area contributed by atoms with Gasteiger partial charge >= 0.3 is 0 Å². The van der Waals surface area contributed by atoms with Crippen molar-refractivity contribution < 1.29 is 4.74 Å². The van der Waals surface area contributed by atoms with E-state index < -0.39 is 0 Å². The van der Waals surface area contributed by atoms with Crippen molar-refractivity contribution in [2.45, 2.75) is 25.2 Å². The molecule has 4 heterocycles. The van der Waals surface area contributed by atoms with E-state index in [1.165, 1.54) is 11.1 Å². The number of hydrogen-bond donors (Lipinski definition) is 1. The maximum absolute atomic E-state index is 6.18. The minimum absolute atomic E-state index is 0.273. The molecule has 1 aliphatic rings. The largest absolute Gasteiger partial charge is 0.494 e. The number of fused-ring (bicyclic) bond motifs is 4. The van der Waals surface area contributed by atoms with Gasteiger partial charge in [0.1, 0.15) is 16.9 Å². The van der Waals surface area contributed by atoms with Gasteiger partial charge in [0.15, 0.2) is 11.5 Å². The third-order valence-corrected chi connectivity index (χ3v) is 5.83. The Morgan fingerprint density at radius 1 is 1.21 bits per heavy atom. The summed E-state index contributed by atoms with van der Waals surface area (Å²) in [5.74, 6) is 2.46. The van der Waals surface area contributed by atoms with Crippen molar-refractivity contribution in [3.8, 4) is 5.75 Å². The Hall–Kier alpha value is -3.68. The van der Waals surface area contributed by atoms with E-state index in [-0.39, 0.29) is 5.92 Å². The van der Waals surface area contributed by atoms with Gasteiger partial charge in [0, 0.05) is 29.9 Å². The van der Waals surface area contributed by atoms with Crippen molar-refractivity contribution in [1.29, 1.82) is 0 Å². The number of imidazole rings is 1. The topological polar surface area (TPSA) is 95.6 Å². The Balaban J connectivity index is 1.45. The van der Waals surface area contributed by atoms with Crippen molar-refractivity contribution in [2.75, 3.05) is 12.8 Å². The zero-order valence-electron chi connectivity index (χ0n) is 16.1. The van der Waals surface area contributed by atoms with E-state index in [2.05, 4.69) is 33.6 Å². The molecule has 29 heavy (non-hydrogen) atoms. The predicted octanol–water partition coefficient (Wildman–Crippen LogP) is 3.10. The third-order valence-electron chi connectivity index (χ3n) is 5.83. The van der Waals surface area contributed by atoms with Crippen molar-refractivity contribution >= 4 is 28.1 Å². The second-order valence-corrected chi connectivity index (χ2v) is 7.59. The lowest BCUT2D eigenvalue weighted by atomic mass is 10.1. The SMILES string of the molecule is COc1cccc2c1nc(N)n1nc(C3CC3c3cn4ccnc4cc3C)nc21. The first-order valence-electron chi connectivity index (χ1n) is 9.56. The highest BCUT2D eigenvalue weighted by molar-refractivity contribution is 5.95. The molecule has 0 amide bonds. The summed E-state index contributed by atoms with van der Waals surface area (Å²) in [6, 6.07) is 7.90. The Labute approximate surface area is 166 Å². The molecule has 4 aromatic heterocycles. The number of rotatable bonds is 3. The average Bonchev–Trinajstić information content (AvgIpc) is 3.16. The predicted molar refractivity (Wildman–Crippen MR) is 109 cm³/mol. The molecule has 0 aliphatic heterocycles. The summed E-state index contributed by atoms with van der Waals surface area (Å²) in [6.07, 6.45) is 6.99. The highest BCUT2D eigenvalue weighted by Crippen LogP contribution is 2.54. The number of hydrogen-bond acceptors (Lipinski definition) is 6. The summed E-state index contributed by atoms with van der Waals surface area (Å²) < 4.78 is 9.13. The van der Waals surface area contributed by atoms with Crippen LogP contribution in [0.2, 0.25) is 0 Å². The summed E-state index contributed by atoms with van der Waals surface area (Å²) in [5, 5.41) is 5.58. The van der Waals surface area contributed by atoms with E-state index >= 15 is 0 Å². The molecule has 5 aromatic rings. The van der Waals surface area contributed by atoms with Gasteiger partial charge in [0.25, 0.3) is 0 Å². The van der Waals surface area contributed by atoms with E-state index in [1.807, 2.05) is 30.6 Å². The summed E-state index contributed by atoms with van der Waals surface area (Å²) in [6.45, 7) is 2.14. The van der Waals surface area contributed by atoms with Crippen LogP contribution in [-0.2, 0) is 0 Å². The number of methoxy groups -OCH3 is 1. The normalized spacial score (nSPS) is 18.7. The molecule has 6 rings (SSSR count). The number of nitrogens with zero attached hydrogens (tertiary/aromatic N) is 6. The number of nitrogen functional groups attached to an aromatic ring is 1. The molecule has 0 saturated heterocycles. The fourth-order valence-electron chi connectivity index (χ4n) is 4.25. The summed E-state index contributed by atoms with van der Waals surface area (Å²) in [7, 11) is 1.63. The van der Waals surface area contributed by atoms with Crippen LogP contribution in [0.5, 0.6) is 5.75 Å². The van der Waals surface area contributed by atoms with Crippen LogP contribution in [0, 0.1) is 6.92 Å². The van der Waals surface area contributed by atoms with Crippen LogP contribution in [0.3, 0.4) is 0 Å². The van der Waals surface area contributed by atoms with E-state index in [1.54, 1.807) is 11.6 Å². The van der Waals surface area contributed by atoms with Crippen LogP contribution >= 0.6 is 0 Å². The molecule has 2 atom stereocenters. The lowest BCUT2D eigenvalue weighted by Gasteiger charge is -2.06. The Morgan fingerprint density at radius 3 is 2.97 bits per heavy atom. The molecule has 1 aliphatic carbocycles. The quantitative estimate of drug-likeness (QED) is 0.513. The zero-order chi connectivity index (χ0) is 19.7. The average molecular weight is 385 g/mol. The Morgan fingerprint density at radius 2 is 2.10 bits per heavy atom. The molecular weight excluding hydrogens is 366 g/mol. The summed E-state index contributed by atoms with van der Waals surface area (Å²) >= 11 is 0. The van der Waals surface area contributed by atoms with E-state index in [0.717, 1.165) is 23.3 Å². The lowest BCUT2D eigenvalue weighted by Crippen LogP contribution is -2.03. The number of ether oxygens (including phenoxy) is 1. The van der Waals surface area contributed by atoms with Gasteiger partial charge in [0.2, 0.25) is 5.95 Å². The standard InChI is InChI=1S/C21H19N7O/c1-11-8-17-23-6-7-27(17)10-15(11)13-9-14(13)19-25-20-12-4-3-5-16(29-2)18(12)24-21(22)28(20)26-19/h3-8,10,13-14H,9H2,1-2H3,(H2,22,24). The molecule has 8 heteroatoms. The molecule has 2 unspecified atom stereocenters. The number of aromatic nitrogens is 6. The van der Waals surface area contributed by atoms with Crippen molar-refractivity contribution in [3.05, 3.63) is 59.8 Å². The second kappa shape index (κ2) is 5.66. The van der Waals surface area contributed by atoms with E-state index in [0.29, 0.717) is 28.8 Å². The Bertz CT molecular complexity index is 1420. The third kappa shape index (κ3) is 2.32. The van der Waals surface area contributed by atoms with Crippen LogP contribution in [0.4, 0.5) is 5.95 Å². The second-order valence-electron chi connectivity index (χ2n) is 7.59. The van der Waals surface area contributed by atoms with Gasteiger partial charge in [-0.1, -0.05) is 6.07 Å². The minimum Gasteiger partial charge on any atom is -0.494 e. The van der Waals surface area contributed by atoms with Crippen molar-refractivity contribution in [2.24, 2.45) is 0 Å². The van der Waals surface area contributed by atoms with Crippen molar-refractivity contribution in [1.82, 2.24) is 29.0 Å². The highest BCUT2D eigenvalue weighted by atomic mass is 16.5. The molecule has 0 bridgehead atoms. The van der Waals surface area contributed by atoms with Crippen LogP contribution in [-0.4, -0.2) is 36.1 Å². The first kappa shape index (κ1) is 16.3. The molecule has 0 radical (unpaired) electrons.